The summed E-state index contributed by atoms with van der Waals surface area (Å²) in [4.78, 5) is 3.55. The van der Waals surface area contributed by atoms with Crippen LogP contribution in [-0.4, -0.2) is 14.5 Å². The molecule has 7 heteroatoms. The number of rotatable bonds is 6. The summed E-state index contributed by atoms with van der Waals surface area (Å²) in [5.74, 6) is 0.931. The molecule has 0 aliphatic heterocycles. The minimum atomic E-state index is 0.653. The van der Waals surface area contributed by atoms with Crippen LogP contribution in [0.2, 0.25) is 4.34 Å². The van der Waals surface area contributed by atoms with E-state index in [4.69, 9.17) is 16.0 Å². The number of nitrogens with zero attached hydrogens (tertiary/aromatic N) is 3. The second-order valence-electron chi connectivity index (χ2n) is 4.30. The highest BCUT2D eigenvalue weighted by Gasteiger charge is 2.14. The van der Waals surface area contributed by atoms with Crippen molar-refractivity contribution in [3.63, 3.8) is 0 Å². The maximum absolute atomic E-state index is 6.09. The molecule has 3 aromatic heterocycles. The Morgan fingerprint density at radius 3 is 2.80 bits per heavy atom. The van der Waals surface area contributed by atoms with Gasteiger partial charge < -0.3 is 4.42 Å². The minimum Gasteiger partial charge on any atom is -0.468 e. The Morgan fingerprint density at radius 2 is 2.15 bits per heavy atom. The zero-order valence-corrected chi connectivity index (χ0v) is 12.9. The van der Waals surface area contributed by atoms with Gasteiger partial charge in [-0.05, 0) is 23.6 Å². The highest BCUT2D eigenvalue weighted by Crippen LogP contribution is 2.22. The van der Waals surface area contributed by atoms with E-state index in [1.54, 1.807) is 17.6 Å². The first-order chi connectivity index (χ1) is 9.81. The van der Waals surface area contributed by atoms with Crippen LogP contribution in [0.15, 0.2) is 40.3 Å². The number of halogens is 1. The summed E-state index contributed by atoms with van der Waals surface area (Å²) in [5.41, 5.74) is 0.819. The molecule has 104 valence electrons. The Kier molecular flexibility index (Phi) is 4.47. The molecule has 3 heterocycles. The number of hydrogen-bond acceptors (Lipinski definition) is 6. The Bertz CT molecular complexity index is 600. The third-order valence-corrected chi connectivity index (χ3v) is 4.65. The summed E-state index contributed by atoms with van der Waals surface area (Å²) in [6.07, 6.45) is 1.69. The smallest absolute Gasteiger partial charge is 0.138 e. The van der Waals surface area contributed by atoms with Gasteiger partial charge in [-0.15, -0.1) is 16.4 Å². The zero-order valence-electron chi connectivity index (χ0n) is 10.5. The molecule has 4 nitrogen and oxygen atoms in total. The Balaban J connectivity index is 1.74. The number of hydrogen-bond donors (Lipinski definition) is 0. The molecule has 0 saturated heterocycles. The van der Waals surface area contributed by atoms with E-state index >= 15 is 0 Å². The van der Waals surface area contributed by atoms with Gasteiger partial charge in [0.05, 0.1) is 12.8 Å². The first-order valence-corrected chi connectivity index (χ1v) is 8.08. The Morgan fingerprint density at radius 1 is 1.20 bits per heavy atom. The van der Waals surface area contributed by atoms with Crippen LogP contribution in [0.1, 0.15) is 16.3 Å². The van der Waals surface area contributed by atoms with E-state index in [1.807, 2.05) is 12.1 Å². The summed E-state index contributed by atoms with van der Waals surface area (Å²) < 4.78 is 9.96. The topological polar surface area (TPSA) is 42.2 Å². The maximum atomic E-state index is 6.09. The van der Waals surface area contributed by atoms with Crippen LogP contribution >= 0.6 is 34.5 Å². The van der Waals surface area contributed by atoms with Crippen LogP contribution in [0.4, 0.5) is 0 Å². The van der Waals surface area contributed by atoms with Gasteiger partial charge in [0.15, 0.2) is 0 Å². The fourth-order valence-corrected chi connectivity index (χ4v) is 3.27. The zero-order chi connectivity index (χ0) is 13.8. The second kappa shape index (κ2) is 6.49. The first-order valence-electron chi connectivity index (χ1n) is 6.05. The lowest BCUT2D eigenvalue weighted by Gasteiger charge is -2.19. The van der Waals surface area contributed by atoms with Crippen LogP contribution in [0.3, 0.4) is 0 Å². The van der Waals surface area contributed by atoms with Crippen molar-refractivity contribution in [3.8, 4) is 0 Å². The molecular weight excluding hydrogens is 314 g/mol. The standard InChI is InChI=1S/C13H12ClN3OS2/c14-13-12(15-16-20-13)9-17(7-10-3-1-5-18-10)8-11-4-2-6-19-11/h1-6H,7-9H2. The molecule has 0 atom stereocenters. The molecule has 20 heavy (non-hydrogen) atoms. The van der Waals surface area contributed by atoms with Crippen LogP contribution < -0.4 is 0 Å². The molecule has 0 amide bonds. The summed E-state index contributed by atoms with van der Waals surface area (Å²) in [6.45, 7) is 2.22. The summed E-state index contributed by atoms with van der Waals surface area (Å²) in [5, 5.41) is 6.16. The number of thiophene rings is 1. The monoisotopic (exact) mass is 325 g/mol. The van der Waals surface area contributed by atoms with E-state index < -0.39 is 0 Å². The van der Waals surface area contributed by atoms with E-state index in [-0.39, 0.29) is 0 Å². The third kappa shape index (κ3) is 3.46. The van der Waals surface area contributed by atoms with Gasteiger partial charge in [0.1, 0.15) is 15.8 Å². The SMILES string of the molecule is Clc1snnc1CN(Cc1ccco1)Cc1cccs1. The van der Waals surface area contributed by atoms with Crippen molar-refractivity contribution in [1.82, 2.24) is 14.5 Å². The molecule has 0 aliphatic carbocycles. The molecule has 0 aromatic carbocycles. The van der Waals surface area contributed by atoms with Gasteiger partial charge in [-0.3, -0.25) is 4.90 Å². The minimum absolute atomic E-state index is 0.653. The van der Waals surface area contributed by atoms with Gasteiger partial charge in [0.25, 0.3) is 0 Å². The Labute approximate surface area is 129 Å². The molecule has 0 radical (unpaired) electrons. The van der Waals surface area contributed by atoms with Crippen LogP contribution in [-0.2, 0) is 19.6 Å². The van der Waals surface area contributed by atoms with E-state index in [0.29, 0.717) is 10.9 Å². The molecule has 0 bridgehead atoms. The molecule has 3 rings (SSSR count). The van der Waals surface area contributed by atoms with Gasteiger partial charge in [0, 0.05) is 29.5 Å². The fraction of sp³-hybridized carbons (Fsp3) is 0.231. The average molecular weight is 326 g/mol. The summed E-state index contributed by atoms with van der Waals surface area (Å²) >= 11 is 9.05. The Hall–Kier alpha value is -1.21. The van der Waals surface area contributed by atoms with Crippen molar-refractivity contribution in [2.75, 3.05) is 0 Å². The molecular formula is C13H12ClN3OS2. The second-order valence-corrected chi connectivity index (χ2v) is 6.69. The first kappa shape index (κ1) is 13.8. The lowest BCUT2D eigenvalue weighted by atomic mass is 10.3. The van der Waals surface area contributed by atoms with Crippen molar-refractivity contribution in [1.29, 1.82) is 0 Å². The predicted octanol–water partition coefficient (Wildman–Crippen LogP) is 4.05. The quantitative estimate of drug-likeness (QED) is 0.685. The molecule has 0 saturated carbocycles. The van der Waals surface area contributed by atoms with Crippen LogP contribution in [0, 0.1) is 0 Å². The fourth-order valence-electron chi connectivity index (χ4n) is 1.92. The highest BCUT2D eigenvalue weighted by molar-refractivity contribution is 7.10. The lowest BCUT2D eigenvalue weighted by Crippen LogP contribution is -2.22. The van der Waals surface area contributed by atoms with Gasteiger partial charge in [0.2, 0.25) is 0 Å². The van der Waals surface area contributed by atoms with E-state index in [2.05, 4.69) is 32.0 Å². The molecule has 3 aromatic rings. The average Bonchev–Trinajstić information content (AvgIpc) is 3.15. The lowest BCUT2D eigenvalue weighted by molar-refractivity contribution is 0.226. The van der Waals surface area contributed by atoms with Gasteiger partial charge in [-0.1, -0.05) is 22.2 Å². The van der Waals surface area contributed by atoms with Crippen molar-refractivity contribution in [2.24, 2.45) is 0 Å². The van der Waals surface area contributed by atoms with Gasteiger partial charge >= 0.3 is 0 Å². The molecule has 0 fully saturated rings. The van der Waals surface area contributed by atoms with Crippen molar-refractivity contribution in [3.05, 3.63) is 56.6 Å². The summed E-state index contributed by atoms with van der Waals surface area (Å²) in [7, 11) is 0. The molecule has 0 unspecified atom stereocenters. The van der Waals surface area contributed by atoms with E-state index in [0.717, 1.165) is 24.5 Å². The molecule has 0 N–H and O–H groups in total. The van der Waals surface area contributed by atoms with Crippen molar-refractivity contribution in [2.45, 2.75) is 19.6 Å². The summed E-state index contributed by atoms with van der Waals surface area (Å²) in [6, 6.07) is 8.06. The van der Waals surface area contributed by atoms with E-state index in [9.17, 15) is 0 Å². The highest BCUT2D eigenvalue weighted by atomic mass is 35.5. The number of furan rings is 1. The van der Waals surface area contributed by atoms with Crippen LogP contribution in [0.5, 0.6) is 0 Å². The molecule has 0 spiro atoms. The maximum Gasteiger partial charge on any atom is 0.138 e. The van der Waals surface area contributed by atoms with Crippen LogP contribution in [0.25, 0.3) is 0 Å². The number of aromatic nitrogens is 2. The normalized spacial score (nSPS) is 11.3. The van der Waals surface area contributed by atoms with Gasteiger partial charge in [-0.25, -0.2) is 0 Å². The molecule has 0 aliphatic rings. The van der Waals surface area contributed by atoms with Crippen molar-refractivity contribution < 1.29 is 4.42 Å². The predicted molar refractivity (Wildman–Crippen MR) is 80.9 cm³/mol. The van der Waals surface area contributed by atoms with Crippen molar-refractivity contribution >= 4 is 34.5 Å². The van der Waals surface area contributed by atoms with E-state index in [1.165, 1.54) is 16.4 Å². The third-order valence-electron chi connectivity index (χ3n) is 2.80. The largest absolute Gasteiger partial charge is 0.468 e. The van der Waals surface area contributed by atoms with Gasteiger partial charge in [-0.2, -0.15) is 0 Å².